The molecule has 3 rings (SSSR count). The molecule has 0 radical (unpaired) electrons. The number of aromatic nitrogens is 3. The highest BCUT2D eigenvalue weighted by Crippen LogP contribution is 2.14. The van der Waals surface area contributed by atoms with E-state index in [1.54, 1.807) is 29.2 Å². The van der Waals surface area contributed by atoms with E-state index in [0.29, 0.717) is 6.04 Å². The van der Waals surface area contributed by atoms with Crippen molar-refractivity contribution in [2.24, 2.45) is 0 Å². The molecule has 0 aliphatic carbocycles. The summed E-state index contributed by atoms with van der Waals surface area (Å²) < 4.78 is 1.77. The first-order valence-electron chi connectivity index (χ1n) is 7.71. The van der Waals surface area contributed by atoms with E-state index < -0.39 is 0 Å². The van der Waals surface area contributed by atoms with Crippen LogP contribution in [0.3, 0.4) is 0 Å². The van der Waals surface area contributed by atoms with Gasteiger partial charge in [-0.25, -0.2) is 9.97 Å². The van der Waals surface area contributed by atoms with Gasteiger partial charge in [0, 0.05) is 50.7 Å². The average Bonchev–Trinajstić information content (AvgIpc) is 2.56. The number of nitrogens with zero attached hydrogens (tertiary/aromatic N) is 4. The lowest BCUT2D eigenvalue weighted by Gasteiger charge is -2.32. The summed E-state index contributed by atoms with van der Waals surface area (Å²) in [7, 11) is 0. The fourth-order valence-corrected chi connectivity index (χ4v) is 2.78. The molecule has 0 bridgehead atoms. The Morgan fingerprint density at radius 3 is 2.77 bits per heavy atom. The molecule has 6 nitrogen and oxygen atoms in total. The lowest BCUT2D eigenvalue weighted by molar-refractivity contribution is 0.211. The van der Waals surface area contributed by atoms with Crippen LogP contribution in [0.25, 0.3) is 0 Å². The van der Waals surface area contributed by atoms with Crippen molar-refractivity contribution in [3.05, 3.63) is 53.3 Å². The van der Waals surface area contributed by atoms with Gasteiger partial charge in [-0.05, 0) is 25.0 Å². The van der Waals surface area contributed by atoms with Gasteiger partial charge in [0.05, 0.1) is 0 Å². The molecular formula is C16H21N5O. The number of nitrogens with one attached hydrogen (secondary N) is 1. The Kier molecular flexibility index (Phi) is 4.80. The van der Waals surface area contributed by atoms with E-state index >= 15 is 0 Å². The summed E-state index contributed by atoms with van der Waals surface area (Å²) in [4.78, 5) is 22.2. The second-order valence-corrected chi connectivity index (χ2v) is 5.59. The first kappa shape index (κ1) is 14.7. The van der Waals surface area contributed by atoms with E-state index in [-0.39, 0.29) is 5.56 Å². The van der Waals surface area contributed by atoms with Crippen LogP contribution in [0.2, 0.25) is 0 Å². The Bertz CT molecular complexity index is 634. The number of hydrogen-bond acceptors (Lipinski definition) is 5. The summed E-state index contributed by atoms with van der Waals surface area (Å²) in [5.41, 5.74) is 0.0721. The molecule has 1 aliphatic rings. The number of anilines is 1. The zero-order chi connectivity index (χ0) is 15.2. The monoisotopic (exact) mass is 299 g/mol. The summed E-state index contributed by atoms with van der Waals surface area (Å²) >= 11 is 0. The molecule has 0 spiro atoms. The predicted molar refractivity (Wildman–Crippen MR) is 85.8 cm³/mol. The van der Waals surface area contributed by atoms with Crippen LogP contribution in [0.1, 0.15) is 12.8 Å². The third kappa shape index (κ3) is 3.92. The van der Waals surface area contributed by atoms with E-state index in [0.717, 1.165) is 44.8 Å². The molecule has 1 aliphatic heterocycles. The van der Waals surface area contributed by atoms with Gasteiger partial charge in [0.2, 0.25) is 0 Å². The molecule has 1 fully saturated rings. The SMILES string of the molecule is O=c1ccccn1CCN1CCC(Nc2ccncn2)CC1. The summed E-state index contributed by atoms with van der Waals surface area (Å²) in [5, 5.41) is 3.45. The molecule has 6 heteroatoms. The van der Waals surface area contributed by atoms with Gasteiger partial charge in [-0.15, -0.1) is 0 Å². The number of rotatable bonds is 5. The molecule has 0 aromatic carbocycles. The molecular weight excluding hydrogens is 278 g/mol. The standard InChI is InChI=1S/C16H21N5O/c22-16-3-1-2-8-21(16)12-11-20-9-5-14(6-10-20)19-15-4-7-17-13-18-15/h1-4,7-8,13-14H,5-6,9-12H2,(H,17,18,19). The maximum Gasteiger partial charge on any atom is 0.250 e. The first-order chi connectivity index (χ1) is 10.8. The molecule has 0 unspecified atom stereocenters. The summed E-state index contributed by atoms with van der Waals surface area (Å²) in [5.74, 6) is 0.893. The second kappa shape index (κ2) is 7.17. The minimum Gasteiger partial charge on any atom is -0.367 e. The maximum atomic E-state index is 11.7. The fourth-order valence-electron chi connectivity index (χ4n) is 2.78. The molecule has 2 aromatic heterocycles. The third-order valence-electron chi connectivity index (χ3n) is 4.08. The van der Waals surface area contributed by atoms with Crippen molar-refractivity contribution in [3.8, 4) is 0 Å². The van der Waals surface area contributed by atoms with Gasteiger partial charge in [0.25, 0.3) is 5.56 Å². The van der Waals surface area contributed by atoms with Crippen molar-refractivity contribution < 1.29 is 0 Å². The molecule has 22 heavy (non-hydrogen) atoms. The van der Waals surface area contributed by atoms with Crippen LogP contribution < -0.4 is 10.9 Å². The summed E-state index contributed by atoms with van der Waals surface area (Å²) in [6.07, 6.45) is 7.35. The molecule has 0 atom stereocenters. The minimum absolute atomic E-state index is 0.0721. The number of likely N-dealkylation sites (tertiary alicyclic amines) is 1. The molecule has 0 amide bonds. The van der Waals surface area contributed by atoms with Gasteiger partial charge in [-0.2, -0.15) is 0 Å². The zero-order valence-electron chi connectivity index (χ0n) is 12.6. The van der Waals surface area contributed by atoms with Gasteiger partial charge in [0.15, 0.2) is 0 Å². The maximum absolute atomic E-state index is 11.7. The van der Waals surface area contributed by atoms with Crippen LogP contribution in [0.4, 0.5) is 5.82 Å². The number of hydrogen-bond donors (Lipinski definition) is 1. The van der Waals surface area contributed by atoms with Gasteiger partial charge in [-0.1, -0.05) is 6.07 Å². The van der Waals surface area contributed by atoms with Crippen LogP contribution >= 0.6 is 0 Å². The highest BCUT2D eigenvalue weighted by atomic mass is 16.1. The fraction of sp³-hybridized carbons (Fsp3) is 0.438. The zero-order valence-corrected chi connectivity index (χ0v) is 12.6. The third-order valence-corrected chi connectivity index (χ3v) is 4.08. The van der Waals surface area contributed by atoms with Crippen LogP contribution in [-0.4, -0.2) is 45.1 Å². The van der Waals surface area contributed by atoms with Crippen LogP contribution in [0.5, 0.6) is 0 Å². The van der Waals surface area contributed by atoms with E-state index in [4.69, 9.17) is 0 Å². The first-order valence-corrected chi connectivity index (χ1v) is 7.71. The van der Waals surface area contributed by atoms with E-state index in [1.807, 2.05) is 18.3 Å². The van der Waals surface area contributed by atoms with Crippen LogP contribution in [-0.2, 0) is 6.54 Å². The van der Waals surface area contributed by atoms with Crippen molar-refractivity contribution in [2.45, 2.75) is 25.4 Å². The Labute approximate surface area is 129 Å². The normalized spacial score (nSPS) is 16.5. The smallest absolute Gasteiger partial charge is 0.250 e. The topological polar surface area (TPSA) is 63.1 Å². The summed E-state index contributed by atoms with van der Waals surface area (Å²) in [6, 6.07) is 7.65. The summed E-state index contributed by atoms with van der Waals surface area (Å²) in [6.45, 7) is 3.77. The molecule has 3 heterocycles. The second-order valence-electron chi connectivity index (χ2n) is 5.59. The number of pyridine rings is 1. The quantitative estimate of drug-likeness (QED) is 0.899. The van der Waals surface area contributed by atoms with Gasteiger partial charge < -0.3 is 14.8 Å². The van der Waals surface area contributed by atoms with Crippen molar-refractivity contribution in [1.29, 1.82) is 0 Å². The highest BCUT2D eigenvalue weighted by Gasteiger charge is 2.19. The van der Waals surface area contributed by atoms with Gasteiger partial charge >= 0.3 is 0 Å². The minimum atomic E-state index is 0.0721. The van der Waals surface area contributed by atoms with Gasteiger partial charge in [0.1, 0.15) is 12.1 Å². The van der Waals surface area contributed by atoms with E-state index in [1.165, 1.54) is 0 Å². The van der Waals surface area contributed by atoms with E-state index in [2.05, 4.69) is 20.2 Å². The van der Waals surface area contributed by atoms with Gasteiger partial charge in [-0.3, -0.25) is 4.79 Å². The predicted octanol–water partition coefficient (Wildman–Crippen LogP) is 1.21. The Hall–Kier alpha value is -2.21. The van der Waals surface area contributed by atoms with Crippen LogP contribution in [0, 0.1) is 0 Å². The molecule has 1 saturated heterocycles. The highest BCUT2D eigenvalue weighted by molar-refractivity contribution is 5.33. The number of piperidine rings is 1. The van der Waals surface area contributed by atoms with E-state index in [9.17, 15) is 4.79 Å². The lowest BCUT2D eigenvalue weighted by Crippen LogP contribution is -2.41. The Balaban J connectivity index is 1.44. The lowest BCUT2D eigenvalue weighted by atomic mass is 10.1. The Morgan fingerprint density at radius 2 is 2.05 bits per heavy atom. The van der Waals surface area contributed by atoms with Crippen molar-refractivity contribution in [3.63, 3.8) is 0 Å². The Morgan fingerprint density at radius 1 is 1.18 bits per heavy atom. The van der Waals surface area contributed by atoms with Crippen molar-refractivity contribution in [2.75, 3.05) is 25.0 Å². The average molecular weight is 299 g/mol. The molecule has 0 saturated carbocycles. The van der Waals surface area contributed by atoms with Crippen molar-refractivity contribution >= 4 is 5.82 Å². The molecule has 2 aromatic rings. The van der Waals surface area contributed by atoms with Crippen molar-refractivity contribution in [1.82, 2.24) is 19.4 Å². The largest absolute Gasteiger partial charge is 0.367 e. The molecule has 1 N–H and O–H groups in total. The van der Waals surface area contributed by atoms with Crippen LogP contribution in [0.15, 0.2) is 47.8 Å². The molecule has 116 valence electrons.